The Kier molecular flexibility index (Phi) is 5.58. The summed E-state index contributed by atoms with van der Waals surface area (Å²) in [5.74, 6) is -1.38. The molecule has 3 nitrogen and oxygen atoms in total. The highest BCUT2D eigenvalue weighted by Gasteiger charge is 2.29. The van der Waals surface area contributed by atoms with Crippen molar-refractivity contribution in [2.45, 2.75) is 42.7 Å². The van der Waals surface area contributed by atoms with E-state index in [1.807, 2.05) is 0 Å². The van der Waals surface area contributed by atoms with Crippen molar-refractivity contribution in [3.63, 3.8) is 0 Å². The molecule has 116 valence electrons. The molecule has 0 spiro atoms. The molecule has 0 aliphatic heterocycles. The number of rotatable bonds is 4. The molecule has 1 aliphatic carbocycles. The summed E-state index contributed by atoms with van der Waals surface area (Å²) in [5, 5.41) is 9.95. The van der Waals surface area contributed by atoms with Crippen molar-refractivity contribution in [1.82, 2.24) is 4.90 Å². The fourth-order valence-corrected chi connectivity index (χ4v) is 3.41. The zero-order valence-corrected chi connectivity index (χ0v) is 12.7. The standard InChI is InChI=1S/C15H19F2NO2S/c1-18(12-4-2-3-5-13(12)19)15(20)9-21-14-7-6-10(16)8-11(14)17/h6-8,12-13,19H,2-5,9H2,1H3. The number of nitrogens with zero attached hydrogens (tertiary/aromatic N) is 1. The Morgan fingerprint density at radius 2 is 2.10 bits per heavy atom. The molecule has 2 rings (SSSR count). The normalized spacial score (nSPS) is 22.1. The van der Waals surface area contributed by atoms with Gasteiger partial charge in [-0.15, -0.1) is 11.8 Å². The van der Waals surface area contributed by atoms with E-state index in [4.69, 9.17) is 0 Å². The lowest BCUT2D eigenvalue weighted by Crippen LogP contribution is -2.46. The zero-order valence-electron chi connectivity index (χ0n) is 11.9. The van der Waals surface area contributed by atoms with Gasteiger partial charge in [0, 0.05) is 18.0 Å². The number of aliphatic hydroxyl groups is 1. The summed E-state index contributed by atoms with van der Waals surface area (Å²) >= 11 is 1.04. The Balaban J connectivity index is 1.91. The van der Waals surface area contributed by atoms with Gasteiger partial charge in [0.25, 0.3) is 0 Å². The van der Waals surface area contributed by atoms with Gasteiger partial charge in [-0.2, -0.15) is 0 Å². The lowest BCUT2D eigenvalue weighted by Gasteiger charge is -2.35. The van der Waals surface area contributed by atoms with Gasteiger partial charge in [0.2, 0.25) is 5.91 Å². The van der Waals surface area contributed by atoms with E-state index in [1.165, 1.54) is 12.1 Å². The number of amides is 1. The van der Waals surface area contributed by atoms with Crippen LogP contribution in [0, 0.1) is 11.6 Å². The molecule has 1 N–H and O–H groups in total. The highest BCUT2D eigenvalue weighted by molar-refractivity contribution is 8.00. The van der Waals surface area contributed by atoms with Crippen LogP contribution >= 0.6 is 11.8 Å². The van der Waals surface area contributed by atoms with Gasteiger partial charge >= 0.3 is 0 Å². The molecule has 0 saturated heterocycles. The van der Waals surface area contributed by atoms with Crippen molar-refractivity contribution in [3.8, 4) is 0 Å². The molecule has 1 aliphatic rings. The van der Waals surface area contributed by atoms with Crippen LogP contribution in [-0.2, 0) is 4.79 Å². The van der Waals surface area contributed by atoms with Crippen molar-refractivity contribution >= 4 is 17.7 Å². The van der Waals surface area contributed by atoms with E-state index in [-0.39, 0.29) is 22.6 Å². The van der Waals surface area contributed by atoms with Crippen LogP contribution in [0.4, 0.5) is 8.78 Å². The van der Waals surface area contributed by atoms with Gasteiger partial charge in [-0.05, 0) is 25.0 Å². The minimum Gasteiger partial charge on any atom is -0.391 e. The lowest BCUT2D eigenvalue weighted by atomic mass is 9.91. The van der Waals surface area contributed by atoms with Crippen LogP contribution in [0.15, 0.2) is 23.1 Å². The quantitative estimate of drug-likeness (QED) is 0.869. The van der Waals surface area contributed by atoms with Gasteiger partial charge in [-0.1, -0.05) is 12.8 Å². The predicted molar refractivity (Wildman–Crippen MR) is 78.1 cm³/mol. The van der Waals surface area contributed by atoms with Crippen molar-refractivity contribution in [2.75, 3.05) is 12.8 Å². The first-order chi connectivity index (χ1) is 9.99. The molecule has 1 aromatic rings. The Morgan fingerprint density at radius 3 is 2.76 bits per heavy atom. The molecule has 0 heterocycles. The largest absolute Gasteiger partial charge is 0.391 e. The van der Waals surface area contributed by atoms with Gasteiger partial charge in [0.05, 0.1) is 17.9 Å². The molecule has 1 amide bonds. The third-order valence-electron chi connectivity index (χ3n) is 3.83. The van der Waals surface area contributed by atoms with Crippen molar-refractivity contribution in [1.29, 1.82) is 0 Å². The van der Waals surface area contributed by atoms with Crippen LogP contribution in [0.2, 0.25) is 0 Å². The molecule has 1 fully saturated rings. The number of carbonyl (C=O) groups excluding carboxylic acids is 1. The predicted octanol–water partition coefficient (Wildman–Crippen LogP) is 2.82. The number of carbonyl (C=O) groups is 1. The van der Waals surface area contributed by atoms with Crippen LogP contribution in [0.25, 0.3) is 0 Å². The number of hydrogen-bond donors (Lipinski definition) is 1. The van der Waals surface area contributed by atoms with E-state index in [1.54, 1.807) is 11.9 Å². The first-order valence-corrected chi connectivity index (χ1v) is 7.99. The van der Waals surface area contributed by atoms with Crippen LogP contribution < -0.4 is 0 Å². The van der Waals surface area contributed by atoms with E-state index >= 15 is 0 Å². The molecular formula is C15H19F2NO2S. The van der Waals surface area contributed by atoms with Crippen molar-refractivity contribution in [3.05, 3.63) is 29.8 Å². The van der Waals surface area contributed by atoms with Crippen LogP contribution in [0.5, 0.6) is 0 Å². The maximum Gasteiger partial charge on any atom is 0.233 e. The topological polar surface area (TPSA) is 40.5 Å². The third kappa shape index (κ3) is 4.17. The second-order valence-corrected chi connectivity index (χ2v) is 6.30. The molecule has 1 aromatic carbocycles. The van der Waals surface area contributed by atoms with E-state index < -0.39 is 17.7 Å². The maximum absolute atomic E-state index is 13.5. The molecular weight excluding hydrogens is 296 g/mol. The molecule has 6 heteroatoms. The van der Waals surface area contributed by atoms with Gasteiger partial charge in [-0.3, -0.25) is 4.79 Å². The summed E-state index contributed by atoms with van der Waals surface area (Å²) in [7, 11) is 1.67. The third-order valence-corrected chi connectivity index (χ3v) is 4.86. The van der Waals surface area contributed by atoms with Gasteiger partial charge in [0.1, 0.15) is 11.6 Å². The van der Waals surface area contributed by atoms with E-state index in [0.29, 0.717) is 6.42 Å². The molecule has 0 bridgehead atoms. The maximum atomic E-state index is 13.5. The Hall–Kier alpha value is -1.14. The van der Waals surface area contributed by atoms with Gasteiger partial charge < -0.3 is 10.0 Å². The number of thioether (sulfide) groups is 1. The van der Waals surface area contributed by atoms with E-state index in [9.17, 15) is 18.7 Å². The Bertz CT molecular complexity index is 512. The summed E-state index contributed by atoms with van der Waals surface area (Å²) in [4.78, 5) is 13.9. The highest BCUT2D eigenvalue weighted by atomic mass is 32.2. The molecule has 2 atom stereocenters. The number of aliphatic hydroxyl groups excluding tert-OH is 1. The molecule has 0 aromatic heterocycles. The smallest absolute Gasteiger partial charge is 0.233 e. The monoisotopic (exact) mass is 315 g/mol. The number of benzene rings is 1. The van der Waals surface area contributed by atoms with Crippen molar-refractivity contribution in [2.24, 2.45) is 0 Å². The lowest BCUT2D eigenvalue weighted by molar-refractivity contribution is -0.132. The fraction of sp³-hybridized carbons (Fsp3) is 0.533. The summed E-state index contributed by atoms with van der Waals surface area (Å²) in [6.07, 6.45) is 3.00. The highest BCUT2D eigenvalue weighted by Crippen LogP contribution is 2.25. The first-order valence-electron chi connectivity index (χ1n) is 7.00. The van der Waals surface area contributed by atoms with Crippen molar-refractivity contribution < 1.29 is 18.7 Å². The summed E-state index contributed by atoms with van der Waals surface area (Å²) in [5.41, 5.74) is 0. The van der Waals surface area contributed by atoms with Crippen LogP contribution in [0.1, 0.15) is 25.7 Å². The Labute approximate surface area is 127 Å². The van der Waals surface area contributed by atoms with Crippen LogP contribution in [-0.4, -0.2) is 40.9 Å². The minimum atomic E-state index is -0.659. The Morgan fingerprint density at radius 1 is 1.38 bits per heavy atom. The van der Waals surface area contributed by atoms with E-state index in [0.717, 1.165) is 37.1 Å². The second kappa shape index (κ2) is 7.22. The fourth-order valence-electron chi connectivity index (χ4n) is 2.56. The number of halogens is 2. The zero-order chi connectivity index (χ0) is 15.4. The SMILES string of the molecule is CN(C(=O)CSc1ccc(F)cc1F)C1CCCCC1O. The average molecular weight is 315 g/mol. The summed E-state index contributed by atoms with van der Waals surface area (Å²) in [6, 6.07) is 3.15. The number of likely N-dealkylation sites (N-methyl/N-ethyl adjacent to an activating group) is 1. The van der Waals surface area contributed by atoms with E-state index in [2.05, 4.69) is 0 Å². The summed E-state index contributed by atoms with van der Waals surface area (Å²) < 4.78 is 26.3. The first kappa shape index (κ1) is 16.2. The van der Waals surface area contributed by atoms with Crippen LogP contribution in [0.3, 0.4) is 0 Å². The molecule has 1 saturated carbocycles. The molecule has 2 unspecified atom stereocenters. The average Bonchev–Trinajstić information content (AvgIpc) is 2.46. The summed E-state index contributed by atoms with van der Waals surface area (Å²) in [6.45, 7) is 0. The molecule has 0 radical (unpaired) electrons. The van der Waals surface area contributed by atoms with Gasteiger partial charge in [0.15, 0.2) is 0 Å². The minimum absolute atomic E-state index is 0.0717. The van der Waals surface area contributed by atoms with Gasteiger partial charge in [-0.25, -0.2) is 8.78 Å². The number of hydrogen-bond acceptors (Lipinski definition) is 3. The second-order valence-electron chi connectivity index (χ2n) is 5.29. The molecule has 21 heavy (non-hydrogen) atoms.